The van der Waals surface area contributed by atoms with Crippen LogP contribution < -0.4 is 48.7 Å². The third-order valence-corrected chi connectivity index (χ3v) is 24.5. The van der Waals surface area contributed by atoms with Gasteiger partial charge in [-0.1, -0.05) is 140 Å². The lowest BCUT2D eigenvalue weighted by Gasteiger charge is -2.47. The largest absolute Gasteiger partial charge is 0.508 e. The van der Waals surface area contributed by atoms with Crippen LogP contribution in [0.15, 0.2) is 164 Å². The molecule has 27 heteroatoms. The Bertz CT molecular complexity index is 4850. The molecule has 1 aromatic heterocycles. The standard InChI is InChI=1S/C95H118FN13O13/c1-58(110)88-86(116)54-68(45-62-31-37-71(96)38-32-62)84(114)30-12-6-11-28-78(102-90(118)69(46-63-33-39-72(112)40-34-63)50-73(113)41-44-109(59(2)111)57-64-47-76-75-26-17-23-65-35-36-66(87(65)75)52-83(76)108(3)56-64)85(115)53-67(24-18-43-100-95(98)99)89(117)104-80(48-60-19-7-4-8-20-60)92(120)105-81(49-61-21-9-5-10-22-61)93(121)106-82(51-70-55-101-77-27-14-13-25-74(70)77)94(122)103-79(91(119)107-88)29-15-16-42-97/h4-5,7-10,13-14,17,19-23,25-27,31-34,36-40,55,58,64,67-69,76,78-83,88,101,110,112H,6,11-12,15-16,18,24,28-30,35,41-54,56-57,97H2,1-3H3,(H,102,118)(H,103,122)(H,104,117)(H,105,120)(H,106,121)(H,107,119)(H4,98,99,100)/t58-,64-,67-,68-,69+,76-,78-,79+,80+,81+,82-,83-,88+/m1/s1. The Kier molecular flexibility index (Phi) is 33.1. The lowest BCUT2D eigenvalue weighted by Crippen LogP contribution is -2.60. The molecule has 0 radical (unpaired) electrons. The van der Waals surface area contributed by atoms with Crippen molar-refractivity contribution in [2.24, 2.45) is 35.1 Å². The molecule has 15 N–H and O–H groups in total. The van der Waals surface area contributed by atoms with Gasteiger partial charge in [0.15, 0.2) is 17.5 Å². The summed E-state index contributed by atoms with van der Waals surface area (Å²) in [5, 5.41) is 50.5. The summed E-state index contributed by atoms with van der Waals surface area (Å²) in [6.45, 7) is 4.36. The molecule has 0 spiro atoms. The SMILES string of the molecule is CC(=O)N(CCC(=O)C[C@H](Cc1ccc(O)cc1)C(=O)N[C@@H]1CCCCCC(=O)[C@H](Cc2ccc(F)cc2)CC(=O)[C@H]([C@@H](C)O)NC(=O)[C@H](CCCCN)NC(=O)[C@@H](Cc2c[nH]c3ccccc23)NC(=O)[C@H](Cc2ccccc2)NC(=O)[C@H](Cc2ccccc2)NC(=O)[C@H](CCCNC(=N)N)CC1=O)C[C@@H]1C[C@@H]2c3cccc4c3C(=CC4)C[C@H]2N(C)C1. The topological polar surface area (TPSA) is 411 Å². The quantitative estimate of drug-likeness (QED) is 0.0125. The molecule has 7 amide bonds. The van der Waals surface area contributed by atoms with E-state index in [4.69, 9.17) is 16.9 Å². The first-order valence-corrected chi connectivity index (χ1v) is 43.0. The summed E-state index contributed by atoms with van der Waals surface area (Å²) in [5.74, 6) is -11.1. The minimum Gasteiger partial charge on any atom is -0.508 e. The van der Waals surface area contributed by atoms with Gasteiger partial charge in [0, 0.05) is 131 Å². The van der Waals surface area contributed by atoms with Gasteiger partial charge in [-0.2, -0.15) is 0 Å². The Labute approximate surface area is 712 Å². The van der Waals surface area contributed by atoms with Gasteiger partial charge in [-0.05, 0) is 184 Å². The number of phenolic OH excluding ortho intramolecular Hbond substituents is 1. The summed E-state index contributed by atoms with van der Waals surface area (Å²) in [6.07, 6.45) is 4.58. The molecule has 26 nitrogen and oxygen atoms in total. The van der Waals surface area contributed by atoms with Gasteiger partial charge in [0.2, 0.25) is 41.4 Å². The maximum Gasteiger partial charge on any atom is 0.243 e. The molecule has 0 bridgehead atoms. The summed E-state index contributed by atoms with van der Waals surface area (Å²) < 4.78 is 14.5. The van der Waals surface area contributed by atoms with Gasteiger partial charge in [-0.3, -0.25) is 58.1 Å². The second-order valence-corrected chi connectivity index (χ2v) is 33.6. The van der Waals surface area contributed by atoms with E-state index in [0.29, 0.717) is 64.1 Å². The number of benzene rings is 6. The first-order chi connectivity index (χ1) is 58.7. The number of rotatable bonds is 28. The number of likely N-dealkylation sites (tertiary alicyclic amines) is 1. The first-order valence-electron chi connectivity index (χ1n) is 43.0. The summed E-state index contributed by atoms with van der Waals surface area (Å²) in [4.78, 5) is 173. The number of aliphatic hydroxyl groups excluding tert-OH is 1. The van der Waals surface area contributed by atoms with Gasteiger partial charge in [-0.25, -0.2) is 4.39 Å². The smallest absolute Gasteiger partial charge is 0.243 e. The fourth-order valence-corrected chi connectivity index (χ4v) is 17.9. The number of ketones is 4. The van der Waals surface area contributed by atoms with Gasteiger partial charge in [0.25, 0.3) is 0 Å². The van der Waals surface area contributed by atoms with Crippen LogP contribution in [0.2, 0.25) is 0 Å². The zero-order valence-corrected chi connectivity index (χ0v) is 70.0. The molecule has 13 atom stereocenters. The van der Waals surface area contributed by atoms with Crippen molar-refractivity contribution in [1.29, 1.82) is 5.41 Å². The van der Waals surface area contributed by atoms with Crippen LogP contribution in [0.3, 0.4) is 0 Å². The van der Waals surface area contributed by atoms with Gasteiger partial charge in [0.05, 0.1) is 12.1 Å². The number of hydrogen-bond donors (Lipinski definition) is 13. The van der Waals surface area contributed by atoms with Crippen LogP contribution in [0.4, 0.5) is 4.39 Å². The number of carbonyl (C=O) groups is 11. The lowest BCUT2D eigenvalue weighted by molar-refractivity contribution is -0.136. The highest BCUT2D eigenvalue weighted by Gasteiger charge is 2.43. The first kappa shape index (κ1) is 91.2. The van der Waals surface area contributed by atoms with Gasteiger partial charge in [0.1, 0.15) is 53.3 Å². The molecule has 648 valence electrons. The number of nitrogens with one attached hydrogen (secondary N) is 9. The van der Waals surface area contributed by atoms with E-state index in [1.165, 1.54) is 72.5 Å². The number of nitrogens with zero attached hydrogens (tertiary/aromatic N) is 2. The maximum atomic E-state index is 15.7. The van der Waals surface area contributed by atoms with E-state index < -0.39 is 126 Å². The molecule has 2 fully saturated rings. The number of phenols is 1. The average molecular weight is 1670 g/mol. The number of hydrogen-bond acceptors (Lipinski definition) is 16. The Morgan fingerprint density at radius 1 is 0.656 bits per heavy atom. The summed E-state index contributed by atoms with van der Waals surface area (Å²) in [6, 6.07) is 34.5. The van der Waals surface area contributed by atoms with Crippen LogP contribution in [0, 0.1) is 34.9 Å². The molecule has 2 aliphatic carbocycles. The van der Waals surface area contributed by atoms with Gasteiger partial charge >= 0.3 is 0 Å². The highest BCUT2D eigenvalue weighted by Crippen LogP contribution is 2.49. The summed E-state index contributed by atoms with van der Waals surface area (Å²) in [5.41, 5.74) is 20.7. The zero-order valence-electron chi connectivity index (χ0n) is 70.0. The molecule has 2 aliphatic heterocycles. The minimum atomic E-state index is -1.62. The molecular formula is C95H118FN13O13. The second-order valence-electron chi connectivity index (χ2n) is 33.6. The number of fused-ring (bicyclic) bond motifs is 3. The normalized spacial score (nSPS) is 23.0. The van der Waals surface area contributed by atoms with Crippen molar-refractivity contribution in [3.8, 4) is 5.75 Å². The van der Waals surface area contributed by atoms with Crippen molar-refractivity contribution in [3.63, 3.8) is 0 Å². The van der Waals surface area contributed by atoms with Crippen molar-refractivity contribution in [2.45, 2.75) is 209 Å². The molecule has 0 saturated carbocycles. The number of aromatic nitrogens is 1. The van der Waals surface area contributed by atoms with E-state index in [0.717, 1.165) is 25.8 Å². The molecular weight excluding hydrogens is 1550 g/mol. The monoisotopic (exact) mass is 1670 g/mol. The second kappa shape index (κ2) is 44.3. The molecule has 11 rings (SSSR count). The fraction of sp³-hybridized carbons (Fsp3) is 0.453. The van der Waals surface area contributed by atoms with Crippen LogP contribution in [-0.4, -0.2) is 184 Å². The highest BCUT2D eigenvalue weighted by atomic mass is 19.1. The van der Waals surface area contributed by atoms with E-state index in [-0.39, 0.29) is 157 Å². The van der Waals surface area contributed by atoms with Crippen LogP contribution in [0.1, 0.15) is 167 Å². The van der Waals surface area contributed by atoms with Crippen LogP contribution in [0.5, 0.6) is 5.75 Å². The number of H-pyrrole nitrogens is 1. The Balaban J connectivity index is 0.917. The number of aromatic amines is 1. The number of likely N-dealkylation sites (N-methyl/N-ethyl adjacent to an activating group) is 1. The number of allylic oxidation sites excluding steroid dienone is 1. The number of aliphatic hydroxyl groups is 1. The van der Waals surface area contributed by atoms with Crippen molar-refractivity contribution in [3.05, 3.63) is 214 Å². The highest BCUT2D eigenvalue weighted by molar-refractivity contribution is 6.00. The third-order valence-electron chi connectivity index (χ3n) is 24.5. The van der Waals surface area contributed by atoms with Crippen molar-refractivity contribution >= 4 is 86.9 Å². The molecule has 0 unspecified atom stereocenters. The molecule has 3 heterocycles. The zero-order chi connectivity index (χ0) is 86.9. The number of guanidine groups is 1. The van der Waals surface area contributed by atoms with Crippen LogP contribution in [0.25, 0.3) is 16.5 Å². The number of carbonyl (C=O) groups excluding carboxylic acids is 11. The van der Waals surface area contributed by atoms with Gasteiger partial charge < -0.3 is 73.7 Å². The number of amides is 7. The predicted molar refractivity (Wildman–Crippen MR) is 464 cm³/mol. The van der Waals surface area contributed by atoms with Crippen molar-refractivity contribution < 1.29 is 67.3 Å². The van der Waals surface area contributed by atoms with E-state index >= 15 is 28.8 Å². The number of aromatic hydroxyl groups is 1. The van der Waals surface area contributed by atoms with Crippen LogP contribution in [-0.2, 0) is 91.3 Å². The molecule has 6 aromatic carbocycles. The minimum absolute atomic E-state index is 0.0183. The van der Waals surface area contributed by atoms with E-state index in [2.05, 4.69) is 78.4 Å². The summed E-state index contributed by atoms with van der Waals surface area (Å²) in [7, 11) is 2.14. The van der Waals surface area contributed by atoms with Gasteiger partial charge in [-0.15, -0.1) is 0 Å². The fourth-order valence-electron chi connectivity index (χ4n) is 17.9. The van der Waals surface area contributed by atoms with Crippen molar-refractivity contribution in [2.75, 3.05) is 39.8 Å². The molecule has 2 saturated heterocycles. The van der Waals surface area contributed by atoms with E-state index in [1.54, 1.807) is 90.0 Å². The summed E-state index contributed by atoms with van der Waals surface area (Å²) >= 11 is 0. The van der Waals surface area contributed by atoms with Crippen molar-refractivity contribution in [1.82, 2.24) is 52.0 Å². The number of unbranched alkanes of at least 4 members (excludes halogenated alkanes) is 1. The number of Topliss-reactive ketones (excluding diaryl/α,β-unsaturated/α-hetero) is 4. The molecule has 7 aromatic rings. The lowest BCUT2D eigenvalue weighted by atomic mass is 9.70. The predicted octanol–water partition coefficient (Wildman–Crippen LogP) is 8.15. The van der Waals surface area contributed by atoms with E-state index in [1.807, 2.05) is 18.2 Å². The molecule has 4 aliphatic rings. The van der Waals surface area contributed by atoms with E-state index in [9.17, 15) is 38.6 Å². The maximum absolute atomic E-state index is 15.7. The number of para-hydroxylation sites is 1. The molecule has 122 heavy (non-hydrogen) atoms. The Hall–Kier alpha value is -11.6. The number of piperidine rings is 1. The third kappa shape index (κ3) is 25.8. The van der Waals surface area contributed by atoms with Crippen LogP contribution >= 0.6 is 0 Å². The Morgan fingerprint density at radius 2 is 1.28 bits per heavy atom. The number of nitrogens with two attached hydrogens (primary N) is 2. The average Bonchev–Trinajstić information content (AvgIpc) is 1.53. The Morgan fingerprint density at radius 3 is 1.94 bits per heavy atom. The number of halogens is 1.